The highest BCUT2D eigenvalue weighted by atomic mass is 16.7. The number of fused-ring (bicyclic) bond motifs is 2. The molecule has 336 valence electrons. The third-order valence-electron chi connectivity index (χ3n) is 14.4. The minimum Gasteiger partial charge on any atom is -0.396 e. The van der Waals surface area contributed by atoms with Crippen molar-refractivity contribution in [3.63, 3.8) is 0 Å². The maximum atomic E-state index is 14.8. The highest BCUT2D eigenvalue weighted by Gasteiger charge is 2.64. The van der Waals surface area contributed by atoms with Gasteiger partial charge >= 0.3 is 0 Å². The molecule has 6 rings (SSSR count). The van der Waals surface area contributed by atoms with E-state index >= 15 is 0 Å². The fraction of sp³-hybridized carbons (Fsp3) is 0.800. The van der Waals surface area contributed by atoms with Gasteiger partial charge in [-0.3, -0.25) is 29.1 Å². The van der Waals surface area contributed by atoms with Gasteiger partial charge < -0.3 is 71.7 Å². The van der Waals surface area contributed by atoms with Gasteiger partial charge in [0.2, 0.25) is 0 Å². The van der Waals surface area contributed by atoms with Gasteiger partial charge in [-0.15, -0.1) is 0 Å². The first-order chi connectivity index (χ1) is 28.6. The fourth-order valence-electron chi connectivity index (χ4n) is 11.2. The first-order valence-corrected chi connectivity index (χ1v) is 21.0. The molecule has 0 aromatic rings. The Hall–Kier alpha value is -3.28. The Kier molecular flexibility index (Phi) is 15.0. The van der Waals surface area contributed by atoms with Crippen LogP contribution in [0.25, 0.3) is 0 Å². The van der Waals surface area contributed by atoms with Crippen LogP contribution in [0.4, 0.5) is 0 Å². The normalized spacial score (nSPS) is 42.8. The second kappa shape index (κ2) is 19.4. The second-order valence-electron chi connectivity index (χ2n) is 17.4. The SMILES string of the molecule is CN=C(N)NCC1C(CCC=O)CC2C(=O)C3C(CO)C(OC)CC(O[C@H]4O[C@H](CO)[C@](O)(C[C@H](CN5C(=O)C=CC5=O)C5CCNC(N)C5)[C@H](O)[C@H]4O)C3C(=O)C2C1O. The molecule has 6 aliphatic rings. The fourth-order valence-corrected chi connectivity index (χ4v) is 11.2. The van der Waals surface area contributed by atoms with Gasteiger partial charge in [-0.25, -0.2) is 0 Å². The average Bonchev–Trinajstić information content (AvgIpc) is 3.55. The van der Waals surface area contributed by atoms with E-state index in [1.807, 2.05) is 0 Å². The summed E-state index contributed by atoms with van der Waals surface area (Å²) in [4.78, 5) is 71.0. The van der Waals surface area contributed by atoms with Crippen LogP contribution >= 0.6 is 0 Å². The van der Waals surface area contributed by atoms with E-state index in [1.165, 1.54) is 14.2 Å². The van der Waals surface area contributed by atoms with Crippen LogP contribution in [0.5, 0.6) is 0 Å². The molecular weight excluding hydrogens is 788 g/mol. The standard InChI is InChI=1S/C40H62N6O14/c1-43-39(42)45-14-22-19(4-3-9-47)10-21-31(34(22)53)35(54)32-25(12-24(58-2)23(16-48)30(32)33(21)52)59-38-36(55)37(56)40(57,26(17-49)60-38)13-20(18-7-8-44-27(41)11-18)15-46-28(50)5-6-29(46)51/h5-6,9,18-27,30-32,34,36-38,44,48-49,53,55-57H,3-4,7-8,10-17,41H2,1-2H3,(H3,42,43,45)/t18?,19?,20-,21?,22?,23?,24?,25?,26-,27?,30?,31?,32?,34?,36-,37-,38+,40-/m1/s1. The number of hydrogen-bond donors (Lipinski definition) is 10. The van der Waals surface area contributed by atoms with Crippen molar-refractivity contribution in [1.82, 2.24) is 15.5 Å². The zero-order valence-electron chi connectivity index (χ0n) is 34.0. The van der Waals surface area contributed by atoms with Gasteiger partial charge in [-0.1, -0.05) is 0 Å². The molecule has 18 atom stereocenters. The zero-order valence-corrected chi connectivity index (χ0v) is 34.0. The summed E-state index contributed by atoms with van der Waals surface area (Å²) in [6, 6.07) is 0. The van der Waals surface area contributed by atoms with Crippen molar-refractivity contribution in [3.8, 4) is 0 Å². The first-order valence-electron chi connectivity index (χ1n) is 21.0. The molecule has 0 bridgehead atoms. The minimum absolute atomic E-state index is 0.0768. The number of aldehydes is 1. The first kappa shape index (κ1) is 46.2. The predicted octanol–water partition coefficient (Wildman–Crippen LogP) is -4.09. The summed E-state index contributed by atoms with van der Waals surface area (Å²) in [5.41, 5.74) is 9.74. The Balaban J connectivity index is 1.27. The second-order valence-corrected chi connectivity index (χ2v) is 17.4. The van der Waals surface area contributed by atoms with Crippen LogP contribution < -0.4 is 22.1 Å². The molecule has 2 saturated heterocycles. The number of ketones is 2. The van der Waals surface area contributed by atoms with Crippen LogP contribution in [0, 0.1) is 53.3 Å². The van der Waals surface area contributed by atoms with Crippen LogP contribution in [-0.2, 0) is 38.2 Å². The molecular formula is C40H62N6O14. The lowest BCUT2D eigenvalue weighted by molar-refractivity contribution is -0.349. The number of guanidine groups is 1. The number of amides is 2. The molecule has 20 heteroatoms. The average molecular weight is 851 g/mol. The molecule has 60 heavy (non-hydrogen) atoms. The number of aliphatic hydroxyl groups excluding tert-OH is 5. The number of nitrogens with one attached hydrogen (secondary N) is 2. The third-order valence-corrected chi connectivity index (χ3v) is 14.4. The van der Waals surface area contributed by atoms with E-state index < -0.39 is 127 Å². The molecule has 3 aliphatic carbocycles. The molecule has 20 nitrogen and oxygen atoms in total. The lowest BCUT2D eigenvalue weighted by Crippen LogP contribution is -2.69. The summed E-state index contributed by atoms with van der Waals surface area (Å²) in [6.45, 7) is -0.912. The summed E-state index contributed by atoms with van der Waals surface area (Å²) in [6.07, 6.45) is -6.91. The monoisotopic (exact) mass is 850 g/mol. The highest BCUT2D eigenvalue weighted by molar-refractivity contribution is 6.12. The molecule has 12 unspecified atom stereocenters. The Bertz CT molecular complexity index is 1630. The van der Waals surface area contributed by atoms with Gasteiger partial charge in [0.25, 0.3) is 11.8 Å². The molecule has 3 heterocycles. The number of piperidine rings is 1. The Labute approximate surface area is 348 Å². The molecule has 12 N–H and O–H groups in total. The topological polar surface area (TPSA) is 326 Å². The smallest absolute Gasteiger partial charge is 0.253 e. The maximum Gasteiger partial charge on any atom is 0.253 e. The van der Waals surface area contributed by atoms with Gasteiger partial charge in [-0.05, 0) is 56.4 Å². The number of rotatable bonds is 15. The number of nitrogens with zero attached hydrogens (tertiary/aromatic N) is 2. The van der Waals surface area contributed by atoms with Crippen molar-refractivity contribution < 1.29 is 68.8 Å². The van der Waals surface area contributed by atoms with E-state index in [-0.39, 0.29) is 62.4 Å². The number of carbonyl (C=O) groups is 5. The van der Waals surface area contributed by atoms with E-state index in [0.717, 1.165) is 23.3 Å². The molecule has 0 spiro atoms. The van der Waals surface area contributed by atoms with Crippen molar-refractivity contribution in [2.45, 2.75) is 99.6 Å². The van der Waals surface area contributed by atoms with Gasteiger partial charge in [0, 0.05) is 82.5 Å². The number of carbonyl (C=O) groups excluding carboxylic acids is 5. The van der Waals surface area contributed by atoms with Crippen LogP contribution in [0.2, 0.25) is 0 Å². The zero-order chi connectivity index (χ0) is 43.6. The number of hydrogen-bond acceptors (Lipinski definition) is 17. The number of aliphatic hydroxyl groups is 6. The molecule has 3 aliphatic heterocycles. The quantitative estimate of drug-likeness (QED) is 0.0324. The number of imide groups is 1. The molecule has 0 radical (unpaired) electrons. The van der Waals surface area contributed by atoms with Crippen molar-refractivity contribution in [3.05, 3.63) is 12.2 Å². The highest BCUT2D eigenvalue weighted by Crippen LogP contribution is 2.53. The maximum absolute atomic E-state index is 14.8. The largest absolute Gasteiger partial charge is 0.396 e. The molecule has 3 saturated carbocycles. The van der Waals surface area contributed by atoms with Crippen molar-refractivity contribution in [2.24, 2.45) is 69.7 Å². The van der Waals surface area contributed by atoms with Crippen molar-refractivity contribution >= 4 is 35.6 Å². The third kappa shape index (κ3) is 8.83. The van der Waals surface area contributed by atoms with Gasteiger partial charge in [0.15, 0.2) is 12.2 Å². The minimum atomic E-state index is -2.34. The number of methoxy groups -OCH3 is 1. The van der Waals surface area contributed by atoms with Crippen LogP contribution in [0.1, 0.15) is 44.9 Å². The van der Waals surface area contributed by atoms with E-state index in [1.54, 1.807) is 0 Å². The molecule has 0 aromatic carbocycles. The lowest BCUT2D eigenvalue weighted by Gasteiger charge is -2.55. The van der Waals surface area contributed by atoms with E-state index in [9.17, 15) is 54.6 Å². The molecule has 5 fully saturated rings. The Morgan fingerprint density at radius 2 is 1.75 bits per heavy atom. The summed E-state index contributed by atoms with van der Waals surface area (Å²) in [7, 11) is 2.86. The summed E-state index contributed by atoms with van der Waals surface area (Å²) >= 11 is 0. The van der Waals surface area contributed by atoms with Gasteiger partial charge in [0.1, 0.15) is 41.8 Å². The lowest BCUT2D eigenvalue weighted by atomic mass is 9.51. The van der Waals surface area contributed by atoms with Crippen LogP contribution in [-0.4, -0.2) is 173 Å². The van der Waals surface area contributed by atoms with Gasteiger partial charge in [0.05, 0.1) is 42.9 Å². The van der Waals surface area contributed by atoms with Crippen molar-refractivity contribution in [2.75, 3.05) is 47.0 Å². The summed E-state index contributed by atoms with van der Waals surface area (Å²) < 4.78 is 18.1. The summed E-state index contributed by atoms with van der Waals surface area (Å²) in [5, 5.41) is 74.9. The number of nitrogens with two attached hydrogens (primary N) is 2. The van der Waals surface area contributed by atoms with E-state index in [0.29, 0.717) is 25.8 Å². The van der Waals surface area contributed by atoms with Gasteiger partial charge in [-0.2, -0.15) is 0 Å². The van der Waals surface area contributed by atoms with Crippen LogP contribution in [0.3, 0.4) is 0 Å². The Morgan fingerprint density at radius 3 is 2.37 bits per heavy atom. The Morgan fingerprint density at radius 1 is 1.03 bits per heavy atom. The number of aliphatic imine (C=N–C) groups is 1. The predicted molar refractivity (Wildman–Crippen MR) is 209 cm³/mol. The van der Waals surface area contributed by atoms with Crippen LogP contribution in [0.15, 0.2) is 17.1 Å². The molecule has 0 aromatic heterocycles. The number of ether oxygens (including phenoxy) is 3. The van der Waals surface area contributed by atoms with Crippen molar-refractivity contribution in [1.29, 1.82) is 0 Å². The number of Topliss-reactive ketones (excluding diaryl/α,β-unsaturated/α-hetero) is 2. The van der Waals surface area contributed by atoms with E-state index in [4.69, 9.17) is 25.7 Å². The molecule has 2 amide bonds. The summed E-state index contributed by atoms with van der Waals surface area (Å²) in [5.74, 6) is -9.12. The van der Waals surface area contributed by atoms with E-state index in [2.05, 4.69) is 15.6 Å².